The molecular weight excluding hydrogens is 386 g/mol. The first-order valence-electron chi connectivity index (χ1n) is 9.94. The van der Waals surface area contributed by atoms with E-state index in [1.54, 1.807) is 12.1 Å². The Hall–Kier alpha value is -2.54. The van der Waals surface area contributed by atoms with E-state index in [2.05, 4.69) is 10.2 Å². The third kappa shape index (κ3) is 5.29. The van der Waals surface area contributed by atoms with Gasteiger partial charge in [0.2, 0.25) is 15.9 Å². The Bertz CT molecular complexity index is 965. The molecule has 0 bridgehead atoms. The fourth-order valence-corrected chi connectivity index (χ4v) is 4.53. The predicted molar refractivity (Wildman–Crippen MR) is 119 cm³/mol. The van der Waals surface area contributed by atoms with Crippen LogP contribution in [-0.2, 0) is 14.8 Å². The van der Waals surface area contributed by atoms with Crippen LogP contribution in [0.25, 0.3) is 0 Å². The second-order valence-corrected chi connectivity index (χ2v) is 9.54. The molecule has 1 fully saturated rings. The first-order chi connectivity index (χ1) is 13.8. The fourth-order valence-electron chi connectivity index (χ4n) is 3.63. The third-order valence-electron chi connectivity index (χ3n) is 5.40. The van der Waals surface area contributed by atoms with E-state index in [4.69, 9.17) is 0 Å². The van der Waals surface area contributed by atoms with Gasteiger partial charge in [-0.1, -0.05) is 12.1 Å². The van der Waals surface area contributed by atoms with Crippen LogP contribution in [0.5, 0.6) is 0 Å². The summed E-state index contributed by atoms with van der Waals surface area (Å²) >= 11 is 0. The molecule has 1 aliphatic heterocycles. The maximum atomic E-state index is 12.6. The Balaban J connectivity index is 1.71. The number of carbonyl (C=O) groups is 1. The number of amides is 1. The summed E-state index contributed by atoms with van der Waals surface area (Å²) in [4.78, 5) is 14.9. The van der Waals surface area contributed by atoms with Crippen molar-refractivity contribution >= 4 is 33.0 Å². The molecule has 0 aliphatic carbocycles. The topological polar surface area (TPSA) is 69.7 Å². The minimum absolute atomic E-state index is 0.267. The number of nitrogens with one attached hydrogen (secondary N) is 1. The van der Waals surface area contributed by atoms with Crippen molar-refractivity contribution in [1.29, 1.82) is 0 Å². The average Bonchev–Trinajstić information content (AvgIpc) is 2.69. The van der Waals surface area contributed by atoms with Crippen molar-refractivity contribution in [3.8, 4) is 0 Å². The number of aryl methyl sites for hydroxylation is 1. The monoisotopic (exact) mass is 415 g/mol. The van der Waals surface area contributed by atoms with Crippen LogP contribution in [0, 0.1) is 13.8 Å². The highest BCUT2D eigenvalue weighted by Crippen LogP contribution is 2.25. The van der Waals surface area contributed by atoms with Crippen molar-refractivity contribution in [2.45, 2.75) is 33.1 Å². The molecule has 2 aromatic carbocycles. The van der Waals surface area contributed by atoms with Gasteiger partial charge in [-0.3, -0.25) is 9.10 Å². The van der Waals surface area contributed by atoms with Crippen molar-refractivity contribution in [2.75, 3.05) is 40.4 Å². The second-order valence-electron chi connectivity index (χ2n) is 7.63. The summed E-state index contributed by atoms with van der Waals surface area (Å²) < 4.78 is 25.8. The standard InChI is InChI=1S/C22H29N3O3S/c1-17-8-7-9-21(18(17)2)25(29(3,27)28)16-22(26)23-19-10-12-20(13-11-19)24-14-5-4-6-15-24/h7-13H,4-6,14-16H2,1-3H3,(H,23,26). The highest BCUT2D eigenvalue weighted by atomic mass is 32.2. The number of anilines is 3. The van der Waals surface area contributed by atoms with Crippen LogP contribution in [0.15, 0.2) is 42.5 Å². The van der Waals surface area contributed by atoms with Gasteiger partial charge < -0.3 is 10.2 Å². The third-order valence-corrected chi connectivity index (χ3v) is 6.53. The van der Waals surface area contributed by atoms with Gasteiger partial charge in [-0.25, -0.2) is 8.42 Å². The predicted octanol–water partition coefficient (Wildman–Crippen LogP) is 3.70. The smallest absolute Gasteiger partial charge is 0.245 e. The molecule has 0 unspecified atom stereocenters. The summed E-state index contributed by atoms with van der Waals surface area (Å²) in [6.07, 6.45) is 4.81. The first-order valence-corrected chi connectivity index (χ1v) is 11.8. The van der Waals surface area contributed by atoms with E-state index in [9.17, 15) is 13.2 Å². The number of hydrogen-bond acceptors (Lipinski definition) is 4. The molecule has 1 aliphatic rings. The SMILES string of the molecule is Cc1cccc(N(CC(=O)Nc2ccc(N3CCCCC3)cc2)S(C)(=O)=O)c1C. The first kappa shape index (κ1) is 21.2. The van der Waals surface area contributed by atoms with Crippen molar-refractivity contribution in [3.05, 3.63) is 53.6 Å². The van der Waals surface area contributed by atoms with Crippen LogP contribution in [0.4, 0.5) is 17.1 Å². The van der Waals surface area contributed by atoms with Gasteiger partial charge in [0.15, 0.2) is 0 Å². The van der Waals surface area contributed by atoms with Crippen LogP contribution >= 0.6 is 0 Å². The zero-order chi connectivity index (χ0) is 21.0. The maximum Gasteiger partial charge on any atom is 0.245 e. The number of piperidine rings is 1. The minimum Gasteiger partial charge on any atom is -0.372 e. The van der Waals surface area contributed by atoms with E-state index in [0.717, 1.165) is 40.5 Å². The molecule has 1 N–H and O–H groups in total. The Morgan fingerprint density at radius 2 is 1.69 bits per heavy atom. The summed E-state index contributed by atoms with van der Waals surface area (Å²) in [6, 6.07) is 13.2. The molecule has 0 radical (unpaired) electrons. The quantitative estimate of drug-likeness (QED) is 0.781. The summed E-state index contributed by atoms with van der Waals surface area (Å²) in [5, 5.41) is 2.81. The number of hydrogen-bond donors (Lipinski definition) is 1. The normalized spacial score (nSPS) is 14.5. The Morgan fingerprint density at radius 1 is 1.03 bits per heavy atom. The molecule has 1 amide bonds. The lowest BCUT2D eigenvalue weighted by atomic mass is 10.1. The van der Waals surface area contributed by atoms with Crippen LogP contribution in [0.3, 0.4) is 0 Å². The van der Waals surface area contributed by atoms with Crippen molar-refractivity contribution in [1.82, 2.24) is 0 Å². The number of benzene rings is 2. The Morgan fingerprint density at radius 3 is 2.31 bits per heavy atom. The summed E-state index contributed by atoms with van der Waals surface area (Å²) in [7, 11) is -3.60. The molecule has 1 saturated heterocycles. The molecule has 0 aromatic heterocycles. The second kappa shape index (κ2) is 8.86. The zero-order valence-corrected chi connectivity index (χ0v) is 18.1. The molecule has 6 nitrogen and oxygen atoms in total. The molecule has 1 heterocycles. The molecule has 0 atom stereocenters. The zero-order valence-electron chi connectivity index (χ0n) is 17.3. The molecule has 3 rings (SSSR count). The molecule has 2 aromatic rings. The van der Waals surface area contributed by atoms with E-state index < -0.39 is 10.0 Å². The average molecular weight is 416 g/mol. The highest BCUT2D eigenvalue weighted by Gasteiger charge is 2.23. The lowest BCUT2D eigenvalue weighted by Gasteiger charge is -2.29. The van der Waals surface area contributed by atoms with E-state index in [1.165, 1.54) is 19.3 Å². The molecule has 0 saturated carbocycles. The maximum absolute atomic E-state index is 12.6. The van der Waals surface area contributed by atoms with E-state index >= 15 is 0 Å². The van der Waals surface area contributed by atoms with Crippen LogP contribution < -0.4 is 14.5 Å². The van der Waals surface area contributed by atoms with E-state index in [0.29, 0.717) is 11.4 Å². The molecule has 156 valence electrons. The van der Waals surface area contributed by atoms with Crippen LogP contribution in [0.2, 0.25) is 0 Å². The van der Waals surface area contributed by atoms with Gasteiger partial charge in [0.05, 0.1) is 11.9 Å². The molecular formula is C22H29N3O3S. The van der Waals surface area contributed by atoms with Crippen molar-refractivity contribution in [3.63, 3.8) is 0 Å². The summed E-state index contributed by atoms with van der Waals surface area (Å²) in [5.41, 5.74) is 4.16. The van der Waals surface area contributed by atoms with E-state index in [-0.39, 0.29) is 12.5 Å². The van der Waals surface area contributed by atoms with Gasteiger partial charge in [-0.05, 0) is 74.6 Å². The van der Waals surface area contributed by atoms with Crippen molar-refractivity contribution in [2.24, 2.45) is 0 Å². The largest absolute Gasteiger partial charge is 0.372 e. The van der Waals surface area contributed by atoms with Gasteiger partial charge in [0.25, 0.3) is 0 Å². The Labute approximate surface area is 173 Å². The summed E-state index contributed by atoms with van der Waals surface area (Å²) in [6.45, 7) is 5.63. The minimum atomic E-state index is -3.60. The van der Waals surface area contributed by atoms with Gasteiger partial charge >= 0.3 is 0 Å². The molecule has 7 heteroatoms. The lowest BCUT2D eigenvalue weighted by molar-refractivity contribution is -0.114. The van der Waals surface area contributed by atoms with Gasteiger partial charge in [-0.2, -0.15) is 0 Å². The van der Waals surface area contributed by atoms with Gasteiger partial charge in [-0.15, -0.1) is 0 Å². The molecule has 29 heavy (non-hydrogen) atoms. The van der Waals surface area contributed by atoms with Gasteiger partial charge in [0.1, 0.15) is 6.54 Å². The van der Waals surface area contributed by atoms with Crippen molar-refractivity contribution < 1.29 is 13.2 Å². The highest BCUT2D eigenvalue weighted by molar-refractivity contribution is 7.92. The summed E-state index contributed by atoms with van der Waals surface area (Å²) in [5.74, 6) is -0.373. The van der Waals surface area contributed by atoms with E-state index in [1.807, 2.05) is 44.2 Å². The lowest BCUT2D eigenvalue weighted by Crippen LogP contribution is -2.38. The van der Waals surface area contributed by atoms with Crippen LogP contribution in [0.1, 0.15) is 30.4 Å². The molecule has 0 spiro atoms. The number of carbonyl (C=O) groups excluding carboxylic acids is 1. The number of nitrogens with zero attached hydrogens (tertiary/aromatic N) is 2. The Kier molecular flexibility index (Phi) is 6.47. The number of sulfonamides is 1. The van der Waals surface area contributed by atoms with Gasteiger partial charge in [0, 0.05) is 24.5 Å². The number of rotatable bonds is 6. The van der Waals surface area contributed by atoms with Crippen LogP contribution in [-0.4, -0.2) is 40.2 Å². The fraction of sp³-hybridized carbons (Fsp3) is 0.409.